The number of ether oxygens (including phenoxy) is 5. The van der Waals surface area contributed by atoms with Gasteiger partial charge in [0.15, 0.2) is 0 Å². The number of nitrogens with zero attached hydrogens (tertiary/aromatic N) is 4. The Balaban J connectivity index is 0.000000249. The first-order valence-corrected chi connectivity index (χ1v) is 44.9. The number of hydrogen-bond acceptors (Lipinski definition) is 17. The molecule has 10 atom stereocenters. The van der Waals surface area contributed by atoms with Crippen LogP contribution >= 0.6 is 31.0 Å². The zero-order valence-corrected chi connectivity index (χ0v) is 72.8. The summed E-state index contributed by atoms with van der Waals surface area (Å²) in [5.74, 6) is -13.9. The van der Waals surface area contributed by atoms with Gasteiger partial charge in [-0.2, -0.15) is 6.67 Å². The summed E-state index contributed by atoms with van der Waals surface area (Å²) in [5.41, 5.74) is 7.39. The van der Waals surface area contributed by atoms with Crippen LogP contribution in [0.15, 0.2) is 79.9 Å². The van der Waals surface area contributed by atoms with Crippen molar-refractivity contribution in [2.24, 2.45) is 23.7 Å². The topological polar surface area (TPSA) is 260 Å². The molecule has 0 unspecified atom stereocenters. The maximum atomic E-state index is 14.7. The Morgan fingerprint density at radius 2 is 1.34 bits per heavy atom. The number of aliphatic hydroxyl groups is 2. The normalized spacial score (nSPS) is 23.9. The average Bonchev–Trinajstić information content (AvgIpc) is 1.58. The van der Waals surface area contributed by atoms with E-state index in [4.69, 9.17) is 54.7 Å². The van der Waals surface area contributed by atoms with Crippen molar-refractivity contribution in [1.29, 1.82) is 0 Å². The second kappa shape index (κ2) is 41.4. The number of allylic oxidation sites excluding steroid dienone is 2. The van der Waals surface area contributed by atoms with Gasteiger partial charge in [0.1, 0.15) is 34.4 Å². The summed E-state index contributed by atoms with van der Waals surface area (Å²) >= 11 is 4.04. The molecule has 6 aliphatic rings. The predicted molar refractivity (Wildman–Crippen MR) is 432 cm³/mol. The van der Waals surface area contributed by atoms with Gasteiger partial charge < -0.3 is 59.4 Å². The Hall–Kier alpha value is -6.96. The number of esters is 4. The van der Waals surface area contributed by atoms with E-state index in [1.54, 1.807) is 73.6 Å². The fraction of sp³-hybridized carbons (Fsp3) is 0.600. The van der Waals surface area contributed by atoms with Crippen LogP contribution in [0.25, 0.3) is 0 Å². The second-order valence-corrected chi connectivity index (χ2v) is 38.9. The van der Waals surface area contributed by atoms with Crippen molar-refractivity contribution in [3.05, 3.63) is 131 Å². The Labute approximate surface area is 688 Å². The van der Waals surface area contributed by atoms with Crippen molar-refractivity contribution < 1.29 is 103 Å². The molecule has 4 amide bonds. The monoisotopic (exact) mass is 1750 g/mol. The van der Waals surface area contributed by atoms with E-state index in [-0.39, 0.29) is 89.7 Å². The first-order chi connectivity index (χ1) is 53.1. The van der Waals surface area contributed by atoms with Crippen LogP contribution in [-0.2, 0) is 70.8 Å². The van der Waals surface area contributed by atoms with Crippen LogP contribution in [0, 0.1) is 71.9 Å². The molecule has 4 aliphatic heterocycles. The van der Waals surface area contributed by atoms with Crippen LogP contribution in [-0.4, -0.2) is 176 Å². The van der Waals surface area contributed by atoms with Gasteiger partial charge in [-0.05, 0) is 158 Å². The van der Waals surface area contributed by atoms with Gasteiger partial charge in [0.05, 0.1) is 38.3 Å². The van der Waals surface area contributed by atoms with Crippen LogP contribution in [0.1, 0.15) is 198 Å². The Kier molecular flexibility index (Phi) is 34.9. The molecule has 0 aromatic heterocycles. The molecule has 3 aromatic carbocycles. The van der Waals surface area contributed by atoms with E-state index in [1.807, 2.05) is 30.6 Å². The van der Waals surface area contributed by atoms with E-state index < -0.39 is 176 Å². The number of nitrogens with one attached hydrogen (secondary N) is 2. The standard InChI is InChI=1S/C28H42F2N2O7.C26H38F2N2O7.C21H27N2.C10H11ClO.2ClH.Ru/c1-7-10-12-27(29,30)13-11-18(14-22(34)39-26(4,5)6)24(36)32-17-20(33)15-21(32)23(35)31-28(16-19(28)8-2)25(37)38-9-3;1-5-36-23(35)26-14-17(26)8-6-7-10-25(27,28)11-9-16(12-20(32)37-24(2,3)4)22(34)30-15-18(31)13-19(30)21(33)29-26;1-14-9-16(3)20(17(4)10-14)22-7-8-23(13-22)21-18(5)11-15(2)12-19(21)6;1-7(2)12-10-5-4-9(11)6-8(10)3;;;/h7-8,18-21,33H,1-2,9-17H2,3-6H3,(H,31,35);6,8,16-19,31H,5,7,9-15H2,1-4H3,(H,29,33);9-13H,7-8H2,1-6H3;3-7H,1-2H3;2*1H;/q;;-1;;;;+2/p-2/b;8-6-;;;;;/t18-,19-,20-,21+,28-;16-,17-,18-,19+,26-;;;;;/m11...../s1. The molecule has 0 radical (unpaired) electrons. The third-order valence-electron chi connectivity index (χ3n) is 20.1. The summed E-state index contributed by atoms with van der Waals surface area (Å²) in [5, 5.41) is 26.7. The summed E-state index contributed by atoms with van der Waals surface area (Å²) in [4.78, 5) is 111. The molecule has 29 heteroatoms. The number of aryl methyl sites for hydroxylation is 6. The summed E-state index contributed by atoms with van der Waals surface area (Å²) in [6, 6.07) is 12.3. The van der Waals surface area contributed by atoms with Gasteiger partial charge in [0.2, 0.25) is 35.5 Å². The predicted octanol–water partition coefficient (Wildman–Crippen LogP) is 15.0. The van der Waals surface area contributed by atoms with Crippen LogP contribution in [0.3, 0.4) is 0 Å². The van der Waals surface area contributed by atoms with E-state index in [1.165, 1.54) is 56.9 Å². The third kappa shape index (κ3) is 27.9. The maximum Gasteiger partial charge on any atom is 0.332 e. The minimum absolute atomic E-state index is 0.0436. The minimum atomic E-state index is -3.09. The fourth-order valence-corrected chi connectivity index (χ4v) is 16.9. The van der Waals surface area contributed by atoms with E-state index in [2.05, 4.69) is 106 Å². The molecule has 0 spiro atoms. The van der Waals surface area contributed by atoms with Gasteiger partial charge >= 0.3 is 132 Å². The largest absolute Gasteiger partial charge is 0.502 e. The van der Waals surface area contributed by atoms with Crippen LogP contribution in [0.4, 0.5) is 28.9 Å². The van der Waals surface area contributed by atoms with E-state index in [0.717, 1.165) is 34.2 Å². The number of amides is 4. The van der Waals surface area contributed by atoms with E-state index in [9.17, 15) is 66.1 Å². The van der Waals surface area contributed by atoms with Crippen LogP contribution < -0.4 is 25.2 Å². The first-order valence-electron chi connectivity index (χ1n) is 39.0. The number of halogens is 7. The molecule has 5 fully saturated rings. The molecule has 2 aliphatic carbocycles. The van der Waals surface area contributed by atoms with Crippen molar-refractivity contribution >= 4 is 94.5 Å². The maximum absolute atomic E-state index is 14.7. The number of aliphatic hydroxyl groups excluding tert-OH is 2. The number of benzene rings is 3. The molecule has 4 N–H and O–H groups in total. The van der Waals surface area contributed by atoms with E-state index >= 15 is 0 Å². The Bertz CT molecular complexity index is 3890. The molecule has 21 nitrogen and oxygen atoms in total. The average molecular weight is 1750 g/mol. The number of alkyl halides is 4. The number of hydrogen-bond donors (Lipinski definition) is 4. The number of fused-ring (bicyclic) bond motifs is 2. The SMILES string of the molecule is C=CCCC(F)(F)CC[C@H](CC(=O)OC(C)(C)C)C(=O)N1C[C@H](O)C[C@H]1C(=O)N[C@]1(C(=O)OCC)C[C@H]1C=C.CC(C)Oc1ccc(Cl)cc1[CH]=[Ru]([Cl])[Cl].CCOC(=O)[C@@]12C[C@H]1/C=C\CCC(F)(F)CC[C@H](CC(=O)OC(C)(C)C)C(=O)N1C[C@H](O)C[C@H]1C(=O)N2.Cc1cc(C)c(N2[CH-]N(c3c(C)cc(C)cc3C)CC2)c(C)c1. The molecule has 3 aromatic rings. The second-order valence-electron chi connectivity index (χ2n) is 32.7. The van der Waals surface area contributed by atoms with Crippen molar-refractivity contribution in [2.75, 3.05) is 49.2 Å². The zero-order valence-electron chi connectivity index (χ0n) is 68.7. The summed E-state index contributed by atoms with van der Waals surface area (Å²) in [6.45, 7) is 41.6. The first kappa shape index (κ1) is 95.9. The molecular formula is C85H118Cl3F4N6O15Ru-. The summed E-state index contributed by atoms with van der Waals surface area (Å²) in [6.07, 6.45) is 0.971. The van der Waals surface area contributed by atoms with Crippen molar-refractivity contribution in [2.45, 2.75) is 265 Å². The number of anilines is 2. The number of rotatable bonds is 23. The molecule has 0 bridgehead atoms. The van der Waals surface area contributed by atoms with Crippen molar-refractivity contribution in [3.8, 4) is 5.75 Å². The smallest absolute Gasteiger partial charge is 0.332 e. The van der Waals surface area contributed by atoms with Crippen LogP contribution in [0.2, 0.25) is 5.02 Å². The van der Waals surface area contributed by atoms with Crippen molar-refractivity contribution in [1.82, 2.24) is 20.4 Å². The minimum Gasteiger partial charge on any atom is -0.502 e. The molecule has 636 valence electrons. The molecular weight excluding hydrogens is 1630 g/mol. The third-order valence-corrected chi connectivity index (χ3v) is 22.2. The molecule has 3 saturated heterocycles. The van der Waals surface area contributed by atoms with Gasteiger partial charge in [-0.1, -0.05) is 59.7 Å². The molecule has 9 rings (SSSR count). The van der Waals surface area contributed by atoms with Crippen molar-refractivity contribution in [3.63, 3.8) is 0 Å². The Morgan fingerprint density at radius 1 is 0.781 bits per heavy atom. The zero-order chi connectivity index (χ0) is 85.3. The quantitative estimate of drug-likeness (QED) is 0.0172. The molecule has 4 heterocycles. The number of likely N-dealkylation sites (tertiary alicyclic amines) is 1. The van der Waals surface area contributed by atoms with Gasteiger partial charge in [-0.25, -0.2) is 27.2 Å². The van der Waals surface area contributed by atoms with E-state index in [0.29, 0.717) is 5.02 Å². The van der Waals surface area contributed by atoms with Crippen LogP contribution in [0.5, 0.6) is 5.75 Å². The van der Waals surface area contributed by atoms with Gasteiger partial charge in [0, 0.05) is 99.8 Å². The summed E-state index contributed by atoms with van der Waals surface area (Å²) in [7, 11) is 11.7. The van der Waals surface area contributed by atoms with Gasteiger partial charge in [-0.15, -0.1) is 13.2 Å². The number of β-amino-alcohol motifs (C(OH)–C–C–N with tert-alkyl or cyclic N) is 1. The number of carbonyl (C=O) groups excluding carboxylic acids is 8. The number of carbonyl (C=O) groups is 8. The fourth-order valence-electron chi connectivity index (χ4n) is 15.0. The molecule has 114 heavy (non-hydrogen) atoms. The van der Waals surface area contributed by atoms with Gasteiger partial charge in [0.25, 0.3) is 0 Å². The Morgan fingerprint density at radius 3 is 1.87 bits per heavy atom. The van der Waals surface area contributed by atoms with Gasteiger partial charge in [-0.3, -0.25) is 28.8 Å². The molecule has 2 saturated carbocycles. The summed E-state index contributed by atoms with van der Waals surface area (Å²) < 4.78 is 86.7.